The van der Waals surface area contributed by atoms with Gasteiger partial charge in [0.1, 0.15) is 18.2 Å². The van der Waals surface area contributed by atoms with Crippen LogP contribution >= 0.6 is 0 Å². The lowest BCUT2D eigenvalue weighted by atomic mass is 10.1. The van der Waals surface area contributed by atoms with Gasteiger partial charge in [-0.2, -0.15) is 0 Å². The first-order valence-electron chi connectivity index (χ1n) is 8.42. The molecule has 0 saturated carbocycles. The van der Waals surface area contributed by atoms with Crippen molar-refractivity contribution < 1.29 is 4.74 Å². The van der Waals surface area contributed by atoms with E-state index in [0.29, 0.717) is 6.61 Å². The Labute approximate surface area is 147 Å². The minimum absolute atomic E-state index is 0.559. The SMILES string of the molecule is Cc1ccc(COc2cccc(-c3nc4ccc(C)cc4[nH]3)c2)cc1. The fraction of sp³-hybridized carbons (Fsp3) is 0.136. The predicted octanol–water partition coefficient (Wildman–Crippen LogP) is 5.43. The molecular weight excluding hydrogens is 308 g/mol. The number of nitrogens with one attached hydrogen (secondary N) is 1. The molecule has 3 heteroatoms. The number of hydrogen-bond donors (Lipinski definition) is 1. The van der Waals surface area contributed by atoms with Gasteiger partial charge in [-0.15, -0.1) is 0 Å². The highest BCUT2D eigenvalue weighted by Gasteiger charge is 2.07. The van der Waals surface area contributed by atoms with Crippen LogP contribution < -0.4 is 4.74 Å². The highest BCUT2D eigenvalue weighted by molar-refractivity contribution is 5.80. The van der Waals surface area contributed by atoms with Gasteiger partial charge in [0, 0.05) is 5.56 Å². The minimum atomic E-state index is 0.559. The lowest BCUT2D eigenvalue weighted by Gasteiger charge is -2.07. The molecule has 0 bridgehead atoms. The highest BCUT2D eigenvalue weighted by Crippen LogP contribution is 2.25. The average molecular weight is 328 g/mol. The third-order valence-electron chi connectivity index (χ3n) is 4.27. The van der Waals surface area contributed by atoms with E-state index in [4.69, 9.17) is 4.74 Å². The van der Waals surface area contributed by atoms with E-state index in [-0.39, 0.29) is 0 Å². The van der Waals surface area contributed by atoms with Gasteiger partial charge in [-0.3, -0.25) is 0 Å². The molecule has 0 spiro atoms. The second-order valence-electron chi connectivity index (χ2n) is 6.41. The Kier molecular flexibility index (Phi) is 3.98. The summed E-state index contributed by atoms with van der Waals surface area (Å²) < 4.78 is 5.95. The molecule has 1 N–H and O–H groups in total. The van der Waals surface area contributed by atoms with Gasteiger partial charge in [-0.05, 0) is 49.2 Å². The van der Waals surface area contributed by atoms with Crippen molar-refractivity contribution in [3.63, 3.8) is 0 Å². The van der Waals surface area contributed by atoms with Gasteiger partial charge >= 0.3 is 0 Å². The third kappa shape index (κ3) is 3.41. The number of rotatable bonds is 4. The standard InChI is InChI=1S/C22H20N2O/c1-15-6-9-17(10-7-15)14-25-19-5-3-4-18(13-19)22-23-20-11-8-16(2)12-21(20)24-22/h3-13H,14H2,1-2H3,(H,23,24). The van der Waals surface area contributed by atoms with E-state index in [0.717, 1.165) is 33.7 Å². The molecule has 0 aliphatic rings. The Balaban J connectivity index is 1.56. The van der Waals surface area contributed by atoms with Crippen molar-refractivity contribution in [2.75, 3.05) is 0 Å². The number of nitrogens with zero attached hydrogens (tertiary/aromatic N) is 1. The minimum Gasteiger partial charge on any atom is -0.489 e. The van der Waals surface area contributed by atoms with Crippen LogP contribution in [0.4, 0.5) is 0 Å². The Bertz CT molecular complexity index is 1020. The van der Waals surface area contributed by atoms with Gasteiger partial charge in [-0.1, -0.05) is 48.0 Å². The first-order chi connectivity index (χ1) is 12.2. The predicted molar refractivity (Wildman–Crippen MR) is 102 cm³/mol. The maximum absolute atomic E-state index is 5.95. The Hall–Kier alpha value is -3.07. The van der Waals surface area contributed by atoms with Gasteiger partial charge in [0.05, 0.1) is 11.0 Å². The van der Waals surface area contributed by atoms with Gasteiger partial charge < -0.3 is 9.72 Å². The van der Waals surface area contributed by atoms with Crippen LogP contribution in [-0.2, 0) is 6.61 Å². The van der Waals surface area contributed by atoms with E-state index in [2.05, 4.69) is 60.2 Å². The molecule has 0 fully saturated rings. The zero-order valence-electron chi connectivity index (χ0n) is 14.4. The first kappa shape index (κ1) is 15.5. The molecule has 25 heavy (non-hydrogen) atoms. The number of fused-ring (bicyclic) bond motifs is 1. The lowest BCUT2D eigenvalue weighted by molar-refractivity contribution is 0.306. The Morgan fingerprint density at radius 1 is 0.880 bits per heavy atom. The van der Waals surface area contributed by atoms with E-state index >= 15 is 0 Å². The highest BCUT2D eigenvalue weighted by atomic mass is 16.5. The molecule has 0 saturated heterocycles. The first-order valence-corrected chi connectivity index (χ1v) is 8.42. The molecule has 124 valence electrons. The third-order valence-corrected chi connectivity index (χ3v) is 4.27. The molecule has 0 unspecified atom stereocenters. The zero-order chi connectivity index (χ0) is 17.2. The summed E-state index contributed by atoms with van der Waals surface area (Å²) in [5.41, 5.74) is 6.70. The topological polar surface area (TPSA) is 37.9 Å². The summed E-state index contributed by atoms with van der Waals surface area (Å²) in [5, 5.41) is 0. The average Bonchev–Trinajstić information content (AvgIpc) is 3.05. The van der Waals surface area contributed by atoms with Crippen LogP contribution in [0.2, 0.25) is 0 Å². The summed E-state index contributed by atoms with van der Waals surface area (Å²) in [6, 6.07) is 22.7. The van der Waals surface area contributed by atoms with Crippen molar-refractivity contribution in [2.45, 2.75) is 20.5 Å². The summed E-state index contributed by atoms with van der Waals surface area (Å²) >= 11 is 0. The molecule has 1 aromatic heterocycles. The van der Waals surface area contributed by atoms with Crippen molar-refractivity contribution in [1.82, 2.24) is 9.97 Å². The van der Waals surface area contributed by atoms with Crippen molar-refractivity contribution in [2.24, 2.45) is 0 Å². The maximum atomic E-state index is 5.95. The number of aryl methyl sites for hydroxylation is 2. The van der Waals surface area contributed by atoms with E-state index in [1.54, 1.807) is 0 Å². The van der Waals surface area contributed by atoms with Gasteiger partial charge in [-0.25, -0.2) is 4.98 Å². The zero-order valence-corrected chi connectivity index (χ0v) is 14.4. The van der Waals surface area contributed by atoms with Crippen LogP contribution in [0.15, 0.2) is 66.7 Å². The largest absolute Gasteiger partial charge is 0.489 e. The number of aromatic nitrogens is 2. The monoisotopic (exact) mass is 328 g/mol. The Morgan fingerprint density at radius 2 is 1.68 bits per heavy atom. The molecule has 0 radical (unpaired) electrons. The van der Waals surface area contributed by atoms with Crippen LogP contribution in [0.1, 0.15) is 16.7 Å². The van der Waals surface area contributed by atoms with Crippen molar-refractivity contribution >= 4 is 11.0 Å². The van der Waals surface area contributed by atoms with Crippen LogP contribution in [-0.4, -0.2) is 9.97 Å². The van der Waals surface area contributed by atoms with Crippen molar-refractivity contribution in [3.8, 4) is 17.1 Å². The summed E-state index contributed by atoms with van der Waals surface area (Å²) in [6.45, 7) is 4.73. The Morgan fingerprint density at radius 3 is 2.52 bits per heavy atom. The molecule has 3 nitrogen and oxygen atoms in total. The number of imidazole rings is 1. The van der Waals surface area contributed by atoms with Crippen molar-refractivity contribution in [1.29, 1.82) is 0 Å². The molecule has 4 rings (SSSR count). The molecule has 0 aliphatic heterocycles. The van der Waals surface area contributed by atoms with Gasteiger partial charge in [0.25, 0.3) is 0 Å². The molecule has 4 aromatic rings. The molecule has 0 atom stereocenters. The van der Waals surface area contributed by atoms with Crippen LogP contribution in [0.25, 0.3) is 22.4 Å². The van der Waals surface area contributed by atoms with Gasteiger partial charge in [0.2, 0.25) is 0 Å². The molecule has 3 aromatic carbocycles. The summed E-state index contributed by atoms with van der Waals surface area (Å²) in [4.78, 5) is 8.08. The molecule has 1 heterocycles. The summed E-state index contributed by atoms with van der Waals surface area (Å²) in [7, 11) is 0. The maximum Gasteiger partial charge on any atom is 0.138 e. The van der Waals surface area contributed by atoms with Crippen molar-refractivity contribution in [3.05, 3.63) is 83.4 Å². The fourth-order valence-electron chi connectivity index (χ4n) is 2.84. The van der Waals surface area contributed by atoms with E-state index in [1.165, 1.54) is 11.1 Å². The van der Waals surface area contributed by atoms with E-state index in [9.17, 15) is 0 Å². The quantitative estimate of drug-likeness (QED) is 0.543. The summed E-state index contributed by atoms with van der Waals surface area (Å²) in [6.07, 6.45) is 0. The summed E-state index contributed by atoms with van der Waals surface area (Å²) in [5.74, 6) is 1.70. The number of hydrogen-bond acceptors (Lipinski definition) is 2. The van der Waals surface area contributed by atoms with Crippen LogP contribution in [0, 0.1) is 13.8 Å². The normalized spacial score (nSPS) is 11.0. The number of aromatic amines is 1. The molecular formula is C22H20N2O. The smallest absolute Gasteiger partial charge is 0.138 e. The second kappa shape index (κ2) is 6.44. The number of benzene rings is 3. The van der Waals surface area contributed by atoms with Crippen LogP contribution in [0.5, 0.6) is 5.75 Å². The molecule has 0 aliphatic carbocycles. The number of H-pyrrole nitrogens is 1. The van der Waals surface area contributed by atoms with E-state index < -0.39 is 0 Å². The number of ether oxygens (including phenoxy) is 1. The fourth-order valence-corrected chi connectivity index (χ4v) is 2.84. The van der Waals surface area contributed by atoms with E-state index in [1.807, 2.05) is 30.3 Å². The molecule has 0 amide bonds. The van der Waals surface area contributed by atoms with Crippen LogP contribution in [0.3, 0.4) is 0 Å². The van der Waals surface area contributed by atoms with Gasteiger partial charge in [0.15, 0.2) is 0 Å². The second-order valence-corrected chi connectivity index (χ2v) is 6.41. The lowest BCUT2D eigenvalue weighted by Crippen LogP contribution is -1.95.